The quantitative estimate of drug-likeness (QED) is 0.716. The normalized spacial score (nSPS) is 22.7. The van der Waals surface area contributed by atoms with Crippen molar-refractivity contribution in [3.8, 4) is 5.75 Å². The summed E-state index contributed by atoms with van der Waals surface area (Å²) in [5, 5.41) is 3.01. The Morgan fingerprint density at radius 1 is 1.53 bits per heavy atom. The van der Waals surface area contributed by atoms with Gasteiger partial charge >= 0.3 is 0 Å². The number of carbonyl (C=O) groups is 1. The van der Waals surface area contributed by atoms with Crippen LogP contribution in [0.25, 0.3) is 0 Å². The van der Waals surface area contributed by atoms with Crippen LogP contribution >= 0.6 is 0 Å². The lowest BCUT2D eigenvalue weighted by Crippen LogP contribution is -2.50. The molecule has 80 valence electrons. The van der Waals surface area contributed by atoms with Crippen LogP contribution in [0.1, 0.15) is 25.5 Å². The molecule has 1 aliphatic heterocycles. The van der Waals surface area contributed by atoms with Crippen molar-refractivity contribution < 1.29 is 13.9 Å². The fraction of sp³-hybridized carbons (Fsp3) is 0.364. The summed E-state index contributed by atoms with van der Waals surface area (Å²) in [5.41, 5.74) is 0.0116. The molecule has 0 bridgehead atoms. The van der Waals surface area contributed by atoms with E-state index in [0.717, 1.165) is 6.29 Å². The van der Waals surface area contributed by atoms with Gasteiger partial charge < -0.3 is 9.53 Å². The van der Waals surface area contributed by atoms with Crippen LogP contribution < -0.4 is 10.1 Å². The first-order valence-electron chi connectivity index (χ1n) is 4.73. The third-order valence-corrected chi connectivity index (χ3v) is 2.31. The molecule has 3 nitrogen and oxygen atoms in total. The Kier molecular flexibility index (Phi) is 2.23. The molecule has 1 heterocycles. The van der Waals surface area contributed by atoms with Gasteiger partial charge in [-0.1, -0.05) is 6.07 Å². The Morgan fingerprint density at radius 3 is 2.93 bits per heavy atom. The van der Waals surface area contributed by atoms with Crippen LogP contribution in [0.4, 0.5) is 4.39 Å². The molecule has 1 aliphatic rings. The molecular formula is C11H12FNO2. The molecule has 0 radical (unpaired) electrons. The van der Waals surface area contributed by atoms with Crippen molar-refractivity contribution >= 4 is 6.29 Å². The lowest BCUT2D eigenvalue weighted by Gasteiger charge is -2.36. The van der Waals surface area contributed by atoms with E-state index in [-0.39, 0.29) is 5.82 Å². The SMILES string of the molecule is CC1(C)NC(C=O)c2ccc(F)cc2O1. The van der Waals surface area contributed by atoms with Gasteiger partial charge in [-0.05, 0) is 19.9 Å². The lowest BCUT2D eigenvalue weighted by molar-refractivity contribution is -0.112. The van der Waals surface area contributed by atoms with Gasteiger partial charge in [0.2, 0.25) is 0 Å². The zero-order valence-electron chi connectivity index (χ0n) is 8.58. The lowest BCUT2D eigenvalue weighted by atomic mass is 10.0. The second kappa shape index (κ2) is 3.31. The van der Waals surface area contributed by atoms with Crippen LogP contribution in [0.2, 0.25) is 0 Å². The summed E-state index contributed by atoms with van der Waals surface area (Å²) in [6.07, 6.45) is 0.793. The molecule has 1 aromatic carbocycles. The van der Waals surface area contributed by atoms with Crippen molar-refractivity contribution in [2.24, 2.45) is 0 Å². The fourth-order valence-electron chi connectivity index (χ4n) is 1.72. The number of halogens is 1. The Morgan fingerprint density at radius 2 is 2.27 bits per heavy atom. The number of ether oxygens (including phenoxy) is 1. The molecule has 1 aromatic rings. The zero-order chi connectivity index (χ0) is 11.1. The highest BCUT2D eigenvalue weighted by Crippen LogP contribution is 2.33. The predicted molar refractivity (Wildman–Crippen MR) is 53.0 cm³/mol. The maximum Gasteiger partial charge on any atom is 0.156 e. The zero-order valence-corrected chi connectivity index (χ0v) is 8.58. The van der Waals surface area contributed by atoms with Crippen LogP contribution in [0.5, 0.6) is 5.75 Å². The van der Waals surface area contributed by atoms with E-state index >= 15 is 0 Å². The second-order valence-electron chi connectivity index (χ2n) is 4.05. The van der Waals surface area contributed by atoms with Gasteiger partial charge in [0, 0.05) is 11.6 Å². The first-order chi connectivity index (χ1) is 7.02. The van der Waals surface area contributed by atoms with E-state index in [9.17, 15) is 9.18 Å². The van der Waals surface area contributed by atoms with Crippen molar-refractivity contribution in [2.45, 2.75) is 25.6 Å². The first-order valence-corrected chi connectivity index (χ1v) is 4.73. The molecule has 0 amide bonds. The molecule has 0 spiro atoms. The van der Waals surface area contributed by atoms with Gasteiger partial charge in [-0.3, -0.25) is 5.32 Å². The molecule has 0 aliphatic carbocycles. The molecule has 1 unspecified atom stereocenters. The maximum atomic E-state index is 13.0. The smallest absolute Gasteiger partial charge is 0.156 e. The molecule has 0 saturated carbocycles. The molecule has 0 fully saturated rings. The van der Waals surface area contributed by atoms with E-state index in [4.69, 9.17) is 4.74 Å². The van der Waals surface area contributed by atoms with E-state index in [1.54, 1.807) is 19.9 Å². The molecule has 15 heavy (non-hydrogen) atoms. The summed E-state index contributed by atoms with van der Waals surface area (Å²) >= 11 is 0. The number of hydrogen-bond donors (Lipinski definition) is 1. The van der Waals surface area contributed by atoms with E-state index < -0.39 is 11.8 Å². The summed E-state index contributed by atoms with van der Waals surface area (Å²) in [5.74, 6) is 0.0620. The minimum absolute atomic E-state index is 0.365. The van der Waals surface area contributed by atoms with Gasteiger partial charge in [0.1, 0.15) is 17.9 Å². The van der Waals surface area contributed by atoms with Gasteiger partial charge in [-0.25, -0.2) is 4.39 Å². The van der Waals surface area contributed by atoms with Crippen LogP contribution in [0, 0.1) is 5.82 Å². The minimum Gasteiger partial charge on any atom is -0.473 e. The number of nitrogens with one attached hydrogen (secondary N) is 1. The third-order valence-electron chi connectivity index (χ3n) is 2.31. The van der Waals surface area contributed by atoms with Gasteiger partial charge in [-0.2, -0.15) is 0 Å². The monoisotopic (exact) mass is 209 g/mol. The Balaban J connectivity index is 2.49. The van der Waals surface area contributed by atoms with E-state index in [0.29, 0.717) is 11.3 Å². The number of benzene rings is 1. The highest BCUT2D eigenvalue weighted by molar-refractivity contribution is 5.64. The highest BCUT2D eigenvalue weighted by Gasteiger charge is 2.32. The fourth-order valence-corrected chi connectivity index (χ4v) is 1.72. The number of aldehydes is 1. The van der Waals surface area contributed by atoms with Gasteiger partial charge in [0.25, 0.3) is 0 Å². The average molecular weight is 209 g/mol. The summed E-state index contributed by atoms with van der Waals surface area (Å²) in [4.78, 5) is 10.9. The summed E-state index contributed by atoms with van der Waals surface area (Å²) in [7, 11) is 0. The van der Waals surface area contributed by atoms with Crippen molar-refractivity contribution in [1.29, 1.82) is 0 Å². The molecule has 2 rings (SSSR count). The number of rotatable bonds is 1. The van der Waals surface area contributed by atoms with Gasteiger partial charge in [0.05, 0.1) is 6.04 Å². The number of carbonyl (C=O) groups excluding carboxylic acids is 1. The molecule has 0 saturated heterocycles. The minimum atomic E-state index is -0.660. The van der Waals surface area contributed by atoms with Crippen LogP contribution in [0.15, 0.2) is 18.2 Å². The molecule has 0 aromatic heterocycles. The summed E-state index contributed by atoms with van der Waals surface area (Å²) in [6, 6.07) is 3.74. The molecule has 1 N–H and O–H groups in total. The van der Waals surface area contributed by atoms with Gasteiger partial charge in [0.15, 0.2) is 5.72 Å². The van der Waals surface area contributed by atoms with Crippen LogP contribution in [-0.4, -0.2) is 12.0 Å². The maximum absolute atomic E-state index is 13.0. The Hall–Kier alpha value is -1.42. The van der Waals surface area contributed by atoms with Crippen molar-refractivity contribution in [2.75, 3.05) is 0 Å². The molecule has 4 heteroatoms. The summed E-state index contributed by atoms with van der Waals surface area (Å²) < 4.78 is 18.5. The van der Waals surface area contributed by atoms with E-state index in [2.05, 4.69) is 5.32 Å². The van der Waals surface area contributed by atoms with E-state index in [1.807, 2.05) is 0 Å². The highest BCUT2D eigenvalue weighted by atomic mass is 19.1. The average Bonchev–Trinajstić information content (AvgIpc) is 2.14. The standard InChI is InChI=1S/C11H12FNO2/c1-11(2)13-9(6-14)8-4-3-7(12)5-10(8)15-11/h3-6,9,13H,1-2H3. The number of hydrogen-bond acceptors (Lipinski definition) is 3. The van der Waals surface area contributed by atoms with Crippen molar-refractivity contribution in [1.82, 2.24) is 5.32 Å². The Bertz CT molecular complexity index is 404. The summed E-state index contributed by atoms with van der Waals surface area (Å²) in [6.45, 7) is 3.58. The first kappa shape index (κ1) is 10.1. The third kappa shape index (κ3) is 1.85. The second-order valence-corrected chi connectivity index (χ2v) is 4.05. The largest absolute Gasteiger partial charge is 0.473 e. The van der Waals surface area contributed by atoms with Crippen molar-refractivity contribution in [3.63, 3.8) is 0 Å². The molecular weight excluding hydrogens is 197 g/mol. The molecule has 1 atom stereocenters. The van der Waals surface area contributed by atoms with Crippen LogP contribution in [0.3, 0.4) is 0 Å². The van der Waals surface area contributed by atoms with E-state index in [1.165, 1.54) is 12.1 Å². The van der Waals surface area contributed by atoms with Crippen molar-refractivity contribution in [3.05, 3.63) is 29.6 Å². The Labute approximate surface area is 87.2 Å². The van der Waals surface area contributed by atoms with Crippen LogP contribution in [-0.2, 0) is 4.79 Å². The number of fused-ring (bicyclic) bond motifs is 1. The van der Waals surface area contributed by atoms with Gasteiger partial charge in [-0.15, -0.1) is 0 Å². The predicted octanol–water partition coefficient (Wildman–Crippen LogP) is 1.78. The topological polar surface area (TPSA) is 38.3 Å².